The van der Waals surface area contributed by atoms with E-state index in [-0.39, 0.29) is 40.8 Å². The molecule has 1 fully saturated rings. The minimum atomic E-state index is -2.16. The topological polar surface area (TPSA) is 44.8 Å². The quantitative estimate of drug-likeness (QED) is 0.128. The molecule has 0 aromatic rings. The number of halogens is 1. The van der Waals surface area contributed by atoms with Gasteiger partial charge in [0.25, 0.3) is 0 Å². The van der Waals surface area contributed by atoms with Crippen molar-refractivity contribution in [2.75, 3.05) is 13.3 Å². The number of unbranched alkanes of at least 4 members (excludes halogenated alkanes) is 1. The Morgan fingerprint density at radius 1 is 1.03 bits per heavy atom. The van der Waals surface area contributed by atoms with Crippen molar-refractivity contribution in [1.29, 1.82) is 0 Å². The van der Waals surface area contributed by atoms with Crippen LogP contribution in [-0.4, -0.2) is 48.1 Å². The van der Waals surface area contributed by atoms with Crippen LogP contribution < -0.4 is 0 Å². The molecule has 0 aromatic heterocycles. The second-order valence-electron chi connectivity index (χ2n) is 12.7. The van der Waals surface area contributed by atoms with Crippen LogP contribution in [0.15, 0.2) is 23.8 Å². The van der Waals surface area contributed by atoms with Gasteiger partial charge in [0.15, 0.2) is 16.6 Å². The average molecular weight is 515 g/mol. The van der Waals surface area contributed by atoms with Gasteiger partial charge in [-0.05, 0) is 73.6 Å². The third-order valence-electron chi connectivity index (χ3n) is 8.02. The molecule has 3 atom stereocenters. The molecular formula is C27H51FO4Si2. The van der Waals surface area contributed by atoms with Crippen LogP contribution in [-0.2, 0) is 18.4 Å². The Balaban J connectivity index is 3.53. The first-order valence-electron chi connectivity index (χ1n) is 12.9. The summed E-state index contributed by atoms with van der Waals surface area (Å²) in [6.45, 7) is 28.6. The van der Waals surface area contributed by atoms with E-state index in [1.54, 1.807) is 13.0 Å². The Bertz CT molecular complexity index is 732. The summed E-state index contributed by atoms with van der Waals surface area (Å²) in [7, 11) is -4.26. The zero-order chi connectivity index (χ0) is 26.5. The van der Waals surface area contributed by atoms with Crippen LogP contribution in [0.25, 0.3) is 0 Å². The summed E-state index contributed by atoms with van der Waals surface area (Å²) in [5, 5.41) is 0.0702. The van der Waals surface area contributed by atoms with Gasteiger partial charge in [0, 0.05) is 12.0 Å². The lowest BCUT2D eigenvalue weighted by molar-refractivity contribution is -0.137. The fourth-order valence-electron chi connectivity index (χ4n) is 3.76. The lowest BCUT2D eigenvalue weighted by atomic mass is 9.76. The molecule has 4 nitrogen and oxygen atoms in total. The van der Waals surface area contributed by atoms with Gasteiger partial charge in [-0.3, -0.25) is 4.39 Å². The first-order chi connectivity index (χ1) is 15.4. The van der Waals surface area contributed by atoms with Gasteiger partial charge in [-0.1, -0.05) is 54.5 Å². The van der Waals surface area contributed by atoms with E-state index in [0.29, 0.717) is 19.4 Å². The van der Waals surface area contributed by atoms with E-state index in [2.05, 4.69) is 74.3 Å². The van der Waals surface area contributed by atoms with Crippen LogP contribution in [0.2, 0.25) is 36.3 Å². The highest BCUT2D eigenvalue weighted by Gasteiger charge is 2.48. The summed E-state index contributed by atoms with van der Waals surface area (Å²) in [6.07, 6.45) is 3.93. The molecule has 0 N–H and O–H groups in total. The van der Waals surface area contributed by atoms with Gasteiger partial charge < -0.3 is 13.6 Å². The predicted octanol–water partition coefficient (Wildman–Crippen LogP) is 7.97. The van der Waals surface area contributed by atoms with Gasteiger partial charge in [0.2, 0.25) is 0 Å². The van der Waals surface area contributed by atoms with Crippen LogP contribution in [0.4, 0.5) is 4.39 Å². The number of hydrogen-bond acceptors (Lipinski definition) is 4. The summed E-state index contributed by atoms with van der Waals surface area (Å²) >= 11 is 0. The molecule has 1 saturated carbocycles. The maximum absolute atomic E-state index is 13.0. The fraction of sp³-hybridized carbons (Fsp3) is 0.815. The predicted molar refractivity (Wildman–Crippen MR) is 146 cm³/mol. The molecule has 1 aliphatic rings. The van der Waals surface area contributed by atoms with Crippen molar-refractivity contribution in [2.45, 2.75) is 123 Å². The van der Waals surface area contributed by atoms with Crippen molar-refractivity contribution in [3.05, 3.63) is 23.8 Å². The molecule has 34 heavy (non-hydrogen) atoms. The SMILES string of the molecule is C=C1/C(=C/C(=O)OCC)C[C@@H](O[Si](C)(C)C(C)(C)C)[C@H](CCCCF)[C@@H]1O[Si](C)(C)C(C)(C)C. The van der Waals surface area contributed by atoms with Crippen LogP contribution in [0.1, 0.15) is 74.1 Å². The molecule has 0 heterocycles. The van der Waals surface area contributed by atoms with Crippen LogP contribution in [0.3, 0.4) is 0 Å². The Labute approximate surface area is 211 Å². The Morgan fingerprint density at radius 3 is 2.03 bits per heavy atom. The molecule has 0 bridgehead atoms. The molecule has 0 aliphatic heterocycles. The van der Waals surface area contributed by atoms with E-state index in [4.69, 9.17) is 13.6 Å². The van der Waals surface area contributed by atoms with Gasteiger partial charge in [0.1, 0.15) is 0 Å². The third kappa shape index (κ3) is 8.14. The highest BCUT2D eigenvalue weighted by Crippen LogP contribution is 2.47. The Kier molecular flexibility index (Phi) is 11.0. The van der Waals surface area contributed by atoms with Crippen LogP contribution >= 0.6 is 0 Å². The normalized spacial score (nSPS) is 23.9. The number of rotatable bonds is 10. The molecule has 0 unspecified atom stereocenters. The maximum atomic E-state index is 13.0. The van der Waals surface area contributed by atoms with E-state index in [9.17, 15) is 9.18 Å². The fourth-order valence-corrected chi connectivity index (χ4v) is 6.44. The molecule has 1 aliphatic carbocycles. The van der Waals surface area contributed by atoms with Crippen LogP contribution in [0, 0.1) is 5.92 Å². The van der Waals surface area contributed by atoms with Gasteiger partial charge in [-0.2, -0.15) is 0 Å². The first-order valence-corrected chi connectivity index (χ1v) is 18.7. The number of carbonyl (C=O) groups excluding carboxylic acids is 1. The van der Waals surface area contributed by atoms with E-state index in [1.807, 2.05) is 0 Å². The second-order valence-corrected chi connectivity index (χ2v) is 22.2. The maximum Gasteiger partial charge on any atom is 0.331 e. The smallest absolute Gasteiger partial charge is 0.331 e. The van der Waals surface area contributed by atoms with Gasteiger partial charge in [-0.15, -0.1) is 0 Å². The molecule has 0 amide bonds. The van der Waals surface area contributed by atoms with E-state index in [0.717, 1.165) is 24.0 Å². The minimum absolute atomic E-state index is 0.0228. The number of carbonyl (C=O) groups is 1. The van der Waals surface area contributed by atoms with Gasteiger partial charge in [-0.25, -0.2) is 4.79 Å². The van der Waals surface area contributed by atoms with Crippen molar-refractivity contribution < 1.29 is 22.8 Å². The highest BCUT2D eigenvalue weighted by atomic mass is 28.4. The van der Waals surface area contributed by atoms with Crippen molar-refractivity contribution >= 4 is 22.6 Å². The lowest BCUT2D eigenvalue weighted by Gasteiger charge is -2.49. The highest BCUT2D eigenvalue weighted by molar-refractivity contribution is 6.74. The number of ether oxygens (including phenoxy) is 1. The summed E-state index contributed by atoms with van der Waals surface area (Å²) in [4.78, 5) is 12.4. The Hall–Kier alpha value is -0.766. The molecule has 0 radical (unpaired) electrons. The molecular weight excluding hydrogens is 463 g/mol. The summed E-state index contributed by atoms with van der Waals surface area (Å²) in [5.41, 5.74) is 1.70. The summed E-state index contributed by atoms with van der Waals surface area (Å²) in [5.74, 6) is -0.284. The minimum Gasteiger partial charge on any atom is -0.463 e. The molecule has 198 valence electrons. The monoisotopic (exact) mass is 514 g/mol. The number of hydrogen-bond donors (Lipinski definition) is 0. The molecule has 7 heteroatoms. The van der Waals surface area contributed by atoms with Crippen molar-refractivity contribution in [3.63, 3.8) is 0 Å². The van der Waals surface area contributed by atoms with E-state index >= 15 is 0 Å². The lowest BCUT2D eigenvalue weighted by Crippen LogP contribution is -2.53. The number of esters is 1. The zero-order valence-electron chi connectivity index (χ0n) is 23.8. The summed E-state index contributed by atoms with van der Waals surface area (Å²) < 4.78 is 32.2. The molecule has 0 spiro atoms. The zero-order valence-corrected chi connectivity index (χ0v) is 25.8. The average Bonchev–Trinajstić information content (AvgIpc) is 2.65. The number of alkyl halides is 1. The largest absolute Gasteiger partial charge is 0.463 e. The molecule has 0 aromatic carbocycles. The standard InChI is InChI=1S/C27H51FO4Si2/c1-13-30-24(29)19-21-18-23(31-33(9,10)26(3,4)5)22(16-14-15-17-28)25(20(21)2)32-34(11,12)27(6,7)8/h19,22-23,25H,2,13-18H2,1,3-12H3/b21-19+/t22-,23+,25+/m0/s1. The van der Waals surface area contributed by atoms with E-state index in [1.165, 1.54) is 0 Å². The molecule has 0 saturated heterocycles. The third-order valence-corrected chi connectivity index (χ3v) is 17.0. The van der Waals surface area contributed by atoms with Gasteiger partial charge in [0.05, 0.1) is 25.5 Å². The van der Waals surface area contributed by atoms with E-state index < -0.39 is 16.6 Å². The van der Waals surface area contributed by atoms with Crippen molar-refractivity contribution in [3.8, 4) is 0 Å². The van der Waals surface area contributed by atoms with Crippen LogP contribution in [0.5, 0.6) is 0 Å². The van der Waals surface area contributed by atoms with Gasteiger partial charge >= 0.3 is 5.97 Å². The van der Waals surface area contributed by atoms with Crippen molar-refractivity contribution in [2.24, 2.45) is 5.92 Å². The Morgan fingerprint density at radius 2 is 1.56 bits per heavy atom. The molecule has 1 rings (SSSR count). The second kappa shape index (κ2) is 12.0. The van der Waals surface area contributed by atoms with Crippen molar-refractivity contribution in [1.82, 2.24) is 0 Å². The first kappa shape index (κ1) is 31.3. The summed E-state index contributed by atoms with van der Waals surface area (Å²) in [6, 6.07) is 0.